The third-order valence-electron chi connectivity index (χ3n) is 11.1. The van der Waals surface area contributed by atoms with E-state index in [1.807, 2.05) is 0 Å². The SMILES string of the molecule is CC/C=C\C/C=C\C/C=C\C/C=C\C/C=C\CCCCCC(=O)O[C@H](COC(=O)CCCC/C=C\C/C=C\C/C=C\CCCCC)COC(=O)CCCCCCCCCCCCCCC. The van der Waals surface area contributed by atoms with Crippen molar-refractivity contribution >= 4 is 17.9 Å². The van der Waals surface area contributed by atoms with Crippen molar-refractivity contribution in [1.29, 1.82) is 0 Å². The molecule has 370 valence electrons. The summed E-state index contributed by atoms with van der Waals surface area (Å²) in [5.74, 6) is -0.975. The van der Waals surface area contributed by atoms with E-state index in [-0.39, 0.29) is 37.5 Å². The highest BCUT2D eigenvalue weighted by atomic mass is 16.6. The number of hydrogen-bond donors (Lipinski definition) is 0. The second kappa shape index (κ2) is 52.9. The van der Waals surface area contributed by atoms with Gasteiger partial charge in [-0.3, -0.25) is 14.4 Å². The largest absolute Gasteiger partial charge is 0.462 e. The average Bonchev–Trinajstić information content (AvgIpc) is 3.30. The Labute approximate surface area is 400 Å². The fourth-order valence-corrected chi connectivity index (χ4v) is 7.06. The molecule has 1 atom stereocenters. The molecule has 0 aromatic heterocycles. The molecule has 0 saturated carbocycles. The zero-order chi connectivity index (χ0) is 47.2. The summed E-state index contributed by atoms with van der Waals surface area (Å²) in [5.41, 5.74) is 0. The number of carbonyl (C=O) groups excluding carboxylic acids is 3. The van der Waals surface area contributed by atoms with Gasteiger partial charge in [-0.15, -0.1) is 0 Å². The summed E-state index contributed by atoms with van der Waals surface area (Å²) in [4.78, 5) is 38.0. The lowest BCUT2D eigenvalue weighted by molar-refractivity contribution is -0.167. The van der Waals surface area contributed by atoms with Crippen molar-refractivity contribution in [3.05, 3.63) is 97.2 Å². The van der Waals surface area contributed by atoms with Gasteiger partial charge in [0.05, 0.1) is 0 Å². The molecule has 0 amide bonds. The molecular formula is C59H98O6. The van der Waals surface area contributed by atoms with Crippen molar-refractivity contribution in [3.63, 3.8) is 0 Å². The van der Waals surface area contributed by atoms with Gasteiger partial charge in [0.15, 0.2) is 6.10 Å². The number of rotatable bonds is 47. The number of carbonyl (C=O) groups is 3. The lowest BCUT2D eigenvalue weighted by Gasteiger charge is -2.18. The normalized spacial score (nSPS) is 12.8. The van der Waals surface area contributed by atoms with E-state index >= 15 is 0 Å². The van der Waals surface area contributed by atoms with Crippen molar-refractivity contribution in [2.75, 3.05) is 13.2 Å². The lowest BCUT2D eigenvalue weighted by atomic mass is 10.0. The Balaban J connectivity index is 4.51. The summed E-state index contributed by atoms with van der Waals surface area (Å²) < 4.78 is 16.8. The second-order valence-electron chi connectivity index (χ2n) is 17.4. The lowest BCUT2D eigenvalue weighted by Crippen LogP contribution is -2.30. The number of hydrogen-bond acceptors (Lipinski definition) is 6. The van der Waals surface area contributed by atoms with Crippen LogP contribution >= 0.6 is 0 Å². The minimum Gasteiger partial charge on any atom is -0.462 e. The van der Waals surface area contributed by atoms with Crippen LogP contribution in [0.2, 0.25) is 0 Å². The topological polar surface area (TPSA) is 78.9 Å². The van der Waals surface area contributed by atoms with E-state index in [0.717, 1.165) is 109 Å². The molecule has 0 spiro atoms. The molecule has 0 fully saturated rings. The van der Waals surface area contributed by atoms with Gasteiger partial charge in [0.1, 0.15) is 13.2 Å². The first-order valence-corrected chi connectivity index (χ1v) is 26.7. The van der Waals surface area contributed by atoms with Gasteiger partial charge >= 0.3 is 17.9 Å². The zero-order valence-corrected chi connectivity index (χ0v) is 42.2. The predicted molar refractivity (Wildman–Crippen MR) is 279 cm³/mol. The van der Waals surface area contributed by atoms with E-state index < -0.39 is 6.10 Å². The first kappa shape index (κ1) is 61.3. The van der Waals surface area contributed by atoms with E-state index in [2.05, 4.69) is 118 Å². The number of esters is 3. The smallest absolute Gasteiger partial charge is 0.306 e. The number of unbranched alkanes of at least 4 members (excludes halogenated alkanes) is 20. The highest BCUT2D eigenvalue weighted by Crippen LogP contribution is 2.14. The molecule has 0 aliphatic carbocycles. The van der Waals surface area contributed by atoms with Crippen molar-refractivity contribution in [1.82, 2.24) is 0 Å². The molecule has 0 heterocycles. The third-order valence-corrected chi connectivity index (χ3v) is 11.1. The van der Waals surface area contributed by atoms with Crippen molar-refractivity contribution < 1.29 is 28.6 Å². The fraction of sp³-hybridized carbons (Fsp3) is 0.678. The van der Waals surface area contributed by atoms with Crippen LogP contribution in [0.1, 0.15) is 239 Å². The molecule has 0 rings (SSSR count). The molecule has 6 nitrogen and oxygen atoms in total. The summed E-state index contributed by atoms with van der Waals surface area (Å²) >= 11 is 0. The Bertz CT molecular complexity index is 1310. The molecule has 65 heavy (non-hydrogen) atoms. The molecule has 0 aliphatic heterocycles. The molecule has 0 N–H and O–H groups in total. The van der Waals surface area contributed by atoms with Crippen LogP contribution in [0.3, 0.4) is 0 Å². The minimum atomic E-state index is -0.809. The molecule has 6 heteroatoms. The summed E-state index contributed by atoms with van der Waals surface area (Å²) in [6.45, 7) is 6.43. The van der Waals surface area contributed by atoms with E-state index in [9.17, 15) is 14.4 Å². The van der Waals surface area contributed by atoms with Gasteiger partial charge in [0.2, 0.25) is 0 Å². The Morgan fingerprint density at radius 3 is 1.00 bits per heavy atom. The molecule has 0 aromatic rings. The highest BCUT2D eigenvalue weighted by Gasteiger charge is 2.19. The quantitative estimate of drug-likeness (QED) is 0.0262. The summed E-state index contributed by atoms with van der Waals surface area (Å²) in [7, 11) is 0. The van der Waals surface area contributed by atoms with Gasteiger partial charge in [-0.05, 0) is 103 Å². The van der Waals surface area contributed by atoms with Crippen LogP contribution in [-0.2, 0) is 28.6 Å². The van der Waals surface area contributed by atoms with E-state index in [1.165, 1.54) is 89.9 Å². The van der Waals surface area contributed by atoms with Gasteiger partial charge in [0, 0.05) is 19.3 Å². The van der Waals surface area contributed by atoms with E-state index in [4.69, 9.17) is 14.2 Å². The maximum atomic E-state index is 12.8. The van der Waals surface area contributed by atoms with Gasteiger partial charge in [0.25, 0.3) is 0 Å². The van der Waals surface area contributed by atoms with Gasteiger partial charge < -0.3 is 14.2 Å². The van der Waals surface area contributed by atoms with Crippen LogP contribution in [0.25, 0.3) is 0 Å². The zero-order valence-electron chi connectivity index (χ0n) is 42.2. The van der Waals surface area contributed by atoms with Crippen LogP contribution in [0.4, 0.5) is 0 Å². The highest BCUT2D eigenvalue weighted by molar-refractivity contribution is 5.71. The predicted octanol–water partition coefficient (Wildman–Crippen LogP) is 17.8. The van der Waals surface area contributed by atoms with Gasteiger partial charge in [-0.2, -0.15) is 0 Å². The number of allylic oxidation sites excluding steroid dienone is 16. The van der Waals surface area contributed by atoms with Gasteiger partial charge in [-0.1, -0.05) is 214 Å². The van der Waals surface area contributed by atoms with E-state index in [0.29, 0.717) is 12.8 Å². The molecule has 0 bridgehead atoms. The average molecular weight is 903 g/mol. The summed E-state index contributed by atoms with van der Waals surface area (Å²) in [5, 5.41) is 0. The molecule has 0 aliphatic rings. The Kier molecular flexibility index (Phi) is 50.0. The first-order chi connectivity index (χ1) is 32.0. The molecule has 0 aromatic carbocycles. The molecule has 0 saturated heterocycles. The Morgan fingerprint density at radius 2 is 0.600 bits per heavy atom. The minimum absolute atomic E-state index is 0.102. The molecule has 0 radical (unpaired) electrons. The van der Waals surface area contributed by atoms with Crippen LogP contribution in [0.5, 0.6) is 0 Å². The summed E-state index contributed by atoms with van der Waals surface area (Å²) in [6.07, 6.45) is 69.6. The van der Waals surface area contributed by atoms with Crippen molar-refractivity contribution in [2.45, 2.75) is 245 Å². The van der Waals surface area contributed by atoms with Crippen molar-refractivity contribution in [2.24, 2.45) is 0 Å². The summed E-state index contributed by atoms with van der Waals surface area (Å²) in [6, 6.07) is 0. The fourth-order valence-electron chi connectivity index (χ4n) is 7.06. The molecular weight excluding hydrogens is 805 g/mol. The maximum Gasteiger partial charge on any atom is 0.306 e. The maximum absolute atomic E-state index is 12.8. The van der Waals surface area contributed by atoms with Crippen LogP contribution in [-0.4, -0.2) is 37.2 Å². The monoisotopic (exact) mass is 903 g/mol. The molecule has 0 unspecified atom stereocenters. The first-order valence-electron chi connectivity index (χ1n) is 26.7. The third kappa shape index (κ3) is 51.2. The van der Waals surface area contributed by atoms with Gasteiger partial charge in [-0.25, -0.2) is 0 Å². The second-order valence-corrected chi connectivity index (χ2v) is 17.4. The van der Waals surface area contributed by atoms with E-state index in [1.54, 1.807) is 0 Å². The van der Waals surface area contributed by atoms with Crippen LogP contribution in [0, 0.1) is 0 Å². The standard InChI is InChI=1S/C59H98O6/c1-4-7-10-13-16-19-22-25-27-28-29-30-32-35-38-41-44-47-50-53-59(62)65-56(54-63-57(60)51-48-45-42-39-36-33-24-21-18-15-12-9-6-3)55-64-58(61)52-49-46-43-40-37-34-31-26-23-20-17-14-11-8-5-2/h7,10,16-17,19-20,25-27,29-31,35,37-38,40,56H,4-6,8-9,11-15,18,21-24,28,32-34,36,39,41-55H2,1-3H3/b10-7-,19-16-,20-17-,27-25-,30-29-,31-26-,38-35-,40-37-/t56-/m0/s1. The Hall–Kier alpha value is -3.67. The Morgan fingerprint density at radius 1 is 0.323 bits per heavy atom. The number of ether oxygens (including phenoxy) is 3. The van der Waals surface area contributed by atoms with Crippen molar-refractivity contribution in [3.8, 4) is 0 Å². The van der Waals surface area contributed by atoms with Crippen LogP contribution < -0.4 is 0 Å². The van der Waals surface area contributed by atoms with Crippen LogP contribution in [0.15, 0.2) is 97.2 Å².